The van der Waals surface area contributed by atoms with Crippen LogP contribution in [0, 0.1) is 11.6 Å². The second-order valence-corrected chi connectivity index (χ2v) is 4.58. The van der Waals surface area contributed by atoms with Crippen LogP contribution < -0.4 is 10.1 Å². The van der Waals surface area contributed by atoms with Crippen molar-refractivity contribution in [2.75, 3.05) is 7.11 Å². The summed E-state index contributed by atoms with van der Waals surface area (Å²) in [6.45, 7) is 2.09. The monoisotopic (exact) mass is 277 g/mol. The first-order valence-corrected chi connectivity index (χ1v) is 6.42. The molecule has 0 saturated heterocycles. The zero-order valence-corrected chi connectivity index (χ0v) is 11.5. The van der Waals surface area contributed by atoms with Gasteiger partial charge in [-0.3, -0.25) is 0 Å². The summed E-state index contributed by atoms with van der Waals surface area (Å²) in [4.78, 5) is 0. The van der Waals surface area contributed by atoms with Gasteiger partial charge in [-0.25, -0.2) is 8.78 Å². The molecule has 0 fully saturated rings. The Morgan fingerprint density at radius 1 is 1.05 bits per heavy atom. The summed E-state index contributed by atoms with van der Waals surface area (Å²) < 4.78 is 32.1. The summed E-state index contributed by atoms with van der Waals surface area (Å²) in [5.41, 5.74) is 1.09. The average molecular weight is 277 g/mol. The first-order chi connectivity index (χ1) is 9.61. The minimum atomic E-state index is -0.528. The van der Waals surface area contributed by atoms with Crippen molar-refractivity contribution in [1.29, 1.82) is 0 Å². The number of hydrogen-bond acceptors (Lipinski definition) is 2. The van der Waals surface area contributed by atoms with E-state index in [9.17, 15) is 8.78 Å². The van der Waals surface area contributed by atoms with E-state index in [0.29, 0.717) is 0 Å². The smallest absolute Gasteiger partial charge is 0.130 e. The maximum Gasteiger partial charge on any atom is 0.130 e. The summed E-state index contributed by atoms with van der Waals surface area (Å²) >= 11 is 0. The predicted octanol–water partition coefficient (Wildman–Crippen LogP) is 3.82. The molecule has 0 aliphatic heterocycles. The van der Waals surface area contributed by atoms with Gasteiger partial charge in [-0.2, -0.15) is 0 Å². The summed E-state index contributed by atoms with van der Waals surface area (Å²) in [6.07, 6.45) is 0. The Bertz CT molecular complexity index is 549. The van der Waals surface area contributed by atoms with Crippen molar-refractivity contribution in [1.82, 2.24) is 5.32 Å². The molecule has 0 saturated carbocycles. The van der Waals surface area contributed by atoms with Crippen LogP contribution in [0.1, 0.15) is 24.1 Å². The summed E-state index contributed by atoms with van der Waals surface area (Å²) in [5, 5.41) is 3.11. The molecule has 1 N–H and O–H groups in total. The Morgan fingerprint density at radius 2 is 1.65 bits per heavy atom. The first-order valence-electron chi connectivity index (χ1n) is 6.42. The molecule has 0 spiro atoms. The molecular weight excluding hydrogens is 260 g/mol. The molecule has 0 aliphatic carbocycles. The highest BCUT2D eigenvalue weighted by Gasteiger charge is 2.10. The topological polar surface area (TPSA) is 21.3 Å². The van der Waals surface area contributed by atoms with Crippen molar-refractivity contribution in [2.24, 2.45) is 0 Å². The second-order valence-electron chi connectivity index (χ2n) is 4.58. The van der Waals surface area contributed by atoms with Crippen LogP contribution >= 0.6 is 0 Å². The third kappa shape index (κ3) is 3.33. The molecule has 1 unspecified atom stereocenters. The molecule has 2 aromatic carbocycles. The highest BCUT2D eigenvalue weighted by molar-refractivity contribution is 5.29. The summed E-state index contributed by atoms with van der Waals surface area (Å²) in [7, 11) is 1.61. The van der Waals surface area contributed by atoms with Gasteiger partial charge in [0.1, 0.15) is 17.4 Å². The number of halogens is 2. The first kappa shape index (κ1) is 14.5. The molecule has 20 heavy (non-hydrogen) atoms. The lowest BCUT2D eigenvalue weighted by Crippen LogP contribution is -2.19. The van der Waals surface area contributed by atoms with Crippen molar-refractivity contribution in [3.05, 3.63) is 65.2 Å². The van der Waals surface area contributed by atoms with E-state index in [4.69, 9.17) is 4.74 Å². The SMILES string of the molecule is COc1ccc(C(C)NCc2c(F)cccc2F)cc1. The Balaban J connectivity index is 2.02. The van der Waals surface area contributed by atoms with Gasteiger partial charge in [0.2, 0.25) is 0 Å². The zero-order valence-electron chi connectivity index (χ0n) is 11.5. The number of hydrogen-bond donors (Lipinski definition) is 1. The standard InChI is InChI=1S/C16H17F2NO/c1-11(12-6-8-13(20-2)9-7-12)19-10-14-15(17)4-3-5-16(14)18/h3-9,11,19H,10H2,1-2H3. The number of nitrogens with one attached hydrogen (secondary N) is 1. The molecule has 4 heteroatoms. The number of rotatable bonds is 5. The lowest BCUT2D eigenvalue weighted by molar-refractivity contribution is 0.414. The Hall–Kier alpha value is -1.94. The molecule has 0 amide bonds. The van der Waals surface area contributed by atoms with Crippen LogP contribution in [0.15, 0.2) is 42.5 Å². The van der Waals surface area contributed by atoms with Gasteiger partial charge in [0, 0.05) is 18.2 Å². The normalized spacial score (nSPS) is 12.2. The van der Waals surface area contributed by atoms with Gasteiger partial charge in [0.15, 0.2) is 0 Å². The van der Waals surface area contributed by atoms with Gasteiger partial charge >= 0.3 is 0 Å². The maximum atomic E-state index is 13.5. The Kier molecular flexibility index (Phi) is 4.69. The molecule has 0 aromatic heterocycles. The minimum absolute atomic E-state index is 0.0140. The van der Waals surface area contributed by atoms with E-state index in [0.717, 1.165) is 11.3 Å². The third-order valence-electron chi connectivity index (χ3n) is 3.26. The van der Waals surface area contributed by atoms with E-state index in [1.165, 1.54) is 18.2 Å². The van der Waals surface area contributed by atoms with E-state index < -0.39 is 11.6 Å². The Labute approximate surface area is 117 Å². The Morgan fingerprint density at radius 3 is 2.20 bits per heavy atom. The molecular formula is C16H17F2NO. The van der Waals surface area contributed by atoms with E-state index in [2.05, 4.69) is 5.32 Å². The van der Waals surface area contributed by atoms with Crippen LogP contribution in [-0.4, -0.2) is 7.11 Å². The fraction of sp³-hybridized carbons (Fsp3) is 0.250. The lowest BCUT2D eigenvalue weighted by atomic mass is 10.1. The van der Waals surface area contributed by atoms with E-state index in [1.807, 2.05) is 31.2 Å². The molecule has 2 nitrogen and oxygen atoms in total. The molecule has 0 aliphatic rings. The minimum Gasteiger partial charge on any atom is -0.497 e. The van der Waals surface area contributed by atoms with Gasteiger partial charge < -0.3 is 10.1 Å². The average Bonchev–Trinajstić information content (AvgIpc) is 2.46. The van der Waals surface area contributed by atoms with Crippen LogP contribution in [-0.2, 0) is 6.54 Å². The van der Waals surface area contributed by atoms with E-state index >= 15 is 0 Å². The van der Waals surface area contributed by atoms with Crippen molar-refractivity contribution in [3.8, 4) is 5.75 Å². The largest absolute Gasteiger partial charge is 0.497 e. The highest BCUT2D eigenvalue weighted by atomic mass is 19.1. The van der Waals surface area contributed by atoms with Gasteiger partial charge in [0.25, 0.3) is 0 Å². The second kappa shape index (κ2) is 6.48. The predicted molar refractivity (Wildman–Crippen MR) is 74.6 cm³/mol. The van der Waals surface area contributed by atoms with Crippen LogP contribution in [0.2, 0.25) is 0 Å². The number of ether oxygens (including phenoxy) is 1. The van der Waals surface area contributed by atoms with Crippen molar-refractivity contribution >= 4 is 0 Å². The highest BCUT2D eigenvalue weighted by Crippen LogP contribution is 2.19. The molecule has 106 valence electrons. The van der Waals surface area contributed by atoms with Gasteiger partial charge in [0.05, 0.1) is 7.11 Å². The molecule has 0 heterocycles. The van der Waals surface area contributed by atoms with Crippen molar-refractivity contribution in [2.45, 2.75) is 19.5 Å². The maximum absolute atomic E-state index is 13.5. The van der Waals surface area contributed by atoms with Crippen LogP contribution in [0.25, 0.3) is 0 Å². The van der Waals surface area contributed by atoms with Crippen LogP contribution in [0.3, 0.4) is 0 Å². The molecule has 0 radical (unpaired) electrons. The molecule has 1 atom stereocenters. The van der Waals surface area contributed by atoms with Crippen molar-refractivity contribution in [3.63, 3.8) is 0 Å². The van der Waals surface area contributed by atoms with Gasteiger partial charge in [-0.1, -0.05) is 18.2 Å². The van der Waals surface area contributed by atoms with Crippen LogP contribution in [0.4, 0.5) is 8.78 Å². The quantitative estimate of drug-likeness (QED) is 0.897. The molecule has 0 bridgehead atoms. The third-order valence-corrected chi connectivity index (χ3v) is 3.26. The fourth-order valence-electron chi connectivity index (χ4n) is 1.97. The van der Waals surface area contributed by atoms with E-state index in [-0.39, 0.29) is 18.2 Å². The lowest BCUT2D eigenvalue weighted by Gasteiger charge is -2.15. The zero-order chi connectivity index (χ0) is 14.5. The fourth-order valence-corrected chi connectivity index (χ4v) is 1.97. The summed E-state index contributed by atoms with van der Waals surface area (Å²) in [6, 6.07) is 11.4. The number of methoxy groups -OCH3 is 1. The van der Waals surface area contributed by atoms with Crippen LogP contribution in [0.5, 0.6) is 5.75 Å². The van der Waals surface area contributed by atoms with Gasteiger partial charge in [-0.05, 0) is 36.8 Å². The molecule has 2 aromatic rings. The number of benzene rings is 2. The van der Waals surface area contributed by atoms with Crippen molar-refractivity contribution < 1.29 is 13.5 Å². The molecule has 2 rings (SSSR count). The van der Waals surface area contributed by atoms with E-state index in [1.54, 1.807) is 7.11 Å². The summed E-state index contributed by atoms with van der Waals surface area (Å²) in [5.74, 6) is -0.278. The van der Waals surface area contributed by atoms with Gasteiger partial charge in [-0.15, -0.1) is 0 Å².